The Labute approximate surface area is 111 Å². The summed E-state index contributed by atoms with van der Waals surface area (Å²) in [5.41, 5.74) is 2.28. The maximum atomic E-state index is 11.7. The van der Waals surface area contributed by atoms with Gasteiger partial charge in [-0.3, -0.25) is 4.79 Å². The van der Waals surface area contributed by atoms with Crippen molar-refractivity contribution in [3.63, 3.8) is 0 Å². The summed E-state index contributed by atoms with van der Waals surface area (Å²) in [6, 6.07) is 8.13. The predicted octanol–water partition coefficient (Wildman–Crippen LogP) is 3.01. The number of rotatable bonds is 5. The number of hydrogen-bond acceptors (Lipinski definition) is 3. The van der Waals surface area contributed by atoms with Gasteiger partial charge in [-0.25, -0.2) is 0 Å². The van der Waals surface area contributed by atoms with E-state index in [9.17, 15) is 4.79 Å². The summed E-state index contributed by atoms with van der Waals surface area (Å²) in [6.45, 7) is 2.05. The Balaban J connectivity index is 2.23. The van der Waals surface area contributed by atoms with Gasteiger partial charge in [0, 0.05) is 17.1 Å². The minimum absolute atomic E-state index is 0.126. The van der Waals surface area contributed by atoms with E-state index in [1.54, 1.807) is 11.8 Å². The van der Waals surface area contributed by atoms with Crippen LogP contribution in [0.3, 0.4) is 0 Å². The highest BCUT2D eigenvalue weighted by Crippen LogP contribution is 2.23. The van der Waals surface area contributed by atoms with Crippen molar-refractivity contribution in [2.45, 2.75) is 18.6 Å². The van der Waals surface area contributed by atoms with E-state index in [2.05, 4.69) is 18.0 Å². The number of para-hydroxylation sites is 1. The zero-order valence-corrected chi connectivity index (χ0v) is 11.4. The van der Waals surface area contributed by atoms with Crippen molar-refractivity contribution in [1.82, 2.24) is 4.98 Å². The van der Waals surface area contributed by atoms with E-state index >= 15 is 0 Å². The molecule has 1 atom stereocenters. The number of aromatic amines is 1. The number of H-pyrrole nitrogens is 1. The highest BCUT2D eigenvalue weighted by atomic mass is 32.2. The highest BCUT2D eigenvalue weighted by molar-refractivity contribution is 8.00. The lowest BCUT2D eigenvalue weighted by atomic mass is 10.1. The molecule has 0 aliphatic carbocycles. The Kier molecular flexibility index (Phi) is 4.31. The first-order valence-corrected chi connectivity index (χ1v) is 7.05. The summed E-state index contributed by atoms with van der Waals surface area (Å²) in [4.78, 5) is 14.9. The van der Waals surface area contributed by atoms with E-state index in [0.717, 1.165) is 11.3 Å². The van der Waals surface area contributed by atoms with Crippen molar-refractivity contribution in [2.75, 3.05) is 12.9 Å². The van der Waals surface area contributed by atoms with Gasteiger partial charge in [0.2, 0.25) is 0 Å². The van der Waals surface area contributed by atoms with Crippen LogP contribution in [0.1, 0.15) is 12.5 Å². The second-order valence-corrected chi connectivity index (χ2v) is 5.51. The van der Waals surface area contributed by atoms with E-state index in [0.29, 0.717) is 6.42 Å². The number of fused-ring (bicyclic) bond motifs is 1. The predicted molar refractivity (Wildman–Crippen MR) is 75.9 cm³/mol. The summed E-state index contributed by atoms with van der Waals surface area (Å²) >= 11 is 1.63. The Morgan fingerprint density at radius 3 is 2.94 bits per heavy atom. The first-order valence-electron chi connectivity index (χ1n) is 6.00. The normalized spacial score (nSPS) is 12.6. The van der Waals surface area contributed by atoms with Gasteiger partial charge >= 0.3 is 5.97 Å². The molecule has 0 fully saturated rings. The fraction of sp³-hybridized carbons (Fsp3) is 0.357. The number of ether oxygens (including phenoxy) is 1. The van der Waals surface area contributed by atoms with Crippen molar-refractivity contribution in [2.24, 2.45) is 0 Å². The van der Waals surface area contributed by atoms with Gasteiger partial charge in [0.05, 0.1) is 7.11 Å². The van der Waals surface area contributed by atoms with Crippen LogP contribution in [0.25, 0.3) is 10.9 Å². The first-order chi connectivity index (χ1) is 8.76. The maximum Gasteiger partial charge on any atom is 0.319 e. The van der Waals surface area contributed by atoms with Crippen LogP contribution in [0.4, 0.5) is 0 Å². The summed E-state index contributed by atoms with van der Waals surface area (Å²) in [7, 11) is 1.45. The van der Waals surface area contributed by atoms with Gasteiger partial charge in [0.1, 0.15) is 5.25 Å². The number of esters is 1. The molecule has 0 aliphatic heterocycles. The van der Waals surface area contributed by atoms with Crippen LogP contribution in [0, 0.1) is 0 Å². The molecule has 18 heavy (non-hydrogen) atoms. The maximum absolute atomic E-state index is 11.7. The smallest absolute Gasteiger partial charge is 0.319 e. The number of nitrogens with one attached hydrogen (secondary N) is 1. The largest absolute Gasteiger partial charge is 0.468 e. The molecule has 1 heterocycles. The zero-order chi connectivity index (χ0) is 13.0. The molecule has 1 N–H and O–H groups in total. The van der Waals surface area contributed by atoms with Crippen LogP contribution in [0.2, 0.25) is 0 Å². The lowest BCUT2D eigenvalue weighted by Gasteiger charge is -2.12. The highest BCUT2D eigenvalue weighted by Gasteiger charge is 2.20. The molecule has 0 saturated heterocycles. The number of thioether (sulfide) groups is 1. The lowest BCUT2D eigenvalue weighted by Crippen LogP contribution is -2.21. The third-order valence-corrected chi connectivity index (χ3v) is 4.01. The number of aromatic nitrogens is 1. The van der Waals surface area contributed by atoms with Crippen molar-refractivity contribution in [1.29, 1.82) is 0 Å². The van der Waals surface area contributed by atoms with Gasteiger partial charge in [-0.1, -0.05) is 25.1 Å². The van der Waals surface area contributed by atoms with Crippen molar-refractivity contribution in [3.8, 4) is 0 Å². The molecule has 4 heteroatoms. The number of hydrogen-bond donors (Lipinski definition) is 1. The molecule has 96 valence electrons. The van der Waals surface area contributed by atoms with Crippen LogP contribution in [0.15, 0.2) is 30.5 Å². The molecule has 2 rings (SSSR count). The van der Waals surface area contributed by atoms with Gasteiger partial charge in [0.15, 0.2) is 0 Å². The molecule has 1 unspecified atom stereocenters. The molecule has 3 nitrogen and oxygen atoms in total. The van der Waals surface area contributed by atoms with Crippen LogP contribution in [-0.4, -0.2) is 29.1 Å². The topological polar surface area (TPSA) is 42.1 Å². The monoisotopic (exact) mass is 263 g/mol. The van der Waals surface area contributed by atoms with Crippen LogP contribution in [0.5, 0.6) is 0 Å². The van der Waals surface area contributed by atoms with Gasteiger partial charge in [-0.05, 0) is 23.8 Å². The SMILES string of the molecule is CCSC(Cc1c[nH]c2ccccc12)C(=O)OC. The van der Waals surface area contributed by atoms with Gasteiger partial charge in [-0.15, -0.1) is 11.8 Å². The van der Waals surface area contributed by atoms with Crippen LogP contribution in [-0.2, 0) is 16.0 Å². The van der Waals surface area contributed by atoms with Crippen molar-refractivity contribution >= 4 is 28.6 Å². The van der Waals surface area contributed by atoms with Crippen molar-refractivity contribution in [3.05, 3.63) is 36.0 Å². The van der Waals surface area contributed by atoms with E-state index < -0.39 is 0 Å². The Morgan fingerprint density at radius 1 is 1.44 bits per heavy atom. The standard InChI is InChI=1S/C14H17NO2S/c1-3-18-13(14(16)17-2)8-10-9-15-12-7-5-4-6-11(10)12/h4-7,9,13,15H,3,8H2,1-2H3. The summed E-state index contributed by atoms with van der Waals surface area (Å²) < 4.78 is 4.86. The summed E-state index contributed by atoms with van der Waals surface area (Å²) in [5, 5.41) is 1.06. The Bertz CT molecular complexity index is 535. The van der Waals surface area contributed by atoms with E-state index in [-0.39, 0.29) is 11.2 Å². The zero-order valence-electron chi connectivity index (χ0n) is 10.6. The molecule has 0 radical (unpaired) electrons. The second kappa shape index (κ2) is 5.96. The number of carbonyl (C=O) groups excluding carboxylic acids is 1. The molecule has 1 aromatic carbocycles. The van der Waals surface area contributed by atoms with Gasteiger partial charge < -0.3 is 9.72 Å². The second-order valence-electron chi connectivity index (χ2n) is 4.03. The Hall–Kier alpha value is -1.42. The molecule has 0 aliphatic rings. The minimum atomic E-state index is -0.146. The molecule has 0 spiro atoms. The summed E-state index contributed by atoms with van der Waals surface area (Å²) in [5.74, 6) is 0.759. The van der Waals surface area contributed by atoms with Crippen molar-refractivity contribution < 1.29 is 9.53 Å². The van der Waals surface area contributed by atoms with E-state index in [4.69, 9.17) is 4.74 Å². The summed E-state index contributed by atoms with van der Waals surface area (Å²) in [6.07, 6.45) is 2.69. The fourth-order valence-corrected chi connectivity index (χ4v) is 2.98. The molecule has 0 bridgehead atoms. The Morgan fingerprint density at radius 2 is 2.22 bits per heavy atom. The van der Waals surface area contributed by atoms with Gasteiger partial charge in [-0.2, -0.15) is 0 Å². The average Bonchev–Trinajstić information content (AvgIpc) is 2.81. The molecule has 2 aromatic rings. The molecular weight excluding hydrogens is 246 g/mol. The first kappa shape index (κ1) is 13.0. The fourth-order valence-electron chi connectivity index (χ4n) is 2.04. The number of benzene rings is 1. The van der Waals surface area contributed by atoms with Crippen LogP contribution < -0.4 is 0 Å². The quantitative estimate of drug-likeness (QED) is 0.843. The molecular formula is C14H17NO2S. The van der Waals surface area contributed by atoms with Crippen LogP contribution >= 0.6 is 11.8 Å². The average molecular weight is 263 g/mol. The minimum Gasteiger partial charge on any atom is -0.468 e. The van der Waals surface area contributed by atoms with Gasteiger partial charge in [0.25, 0.3) is 0 Å². The molecule has 1 aromatic heterocycles. The third-order valence-electron chi connectivity index (χ3n) is 2.91. The van der Waals surface area contributed by atoms with E-state index in [1.807, 2.05) is 24.4 Å². The number of carbonyl (C=O) groups is 1. The third kappa shape index (κ3) is 2.70. The molecule has 0 saturated carbocycles. The lowest BCUT2D eigenvalue weighted by molar-refractivity contribution is -0.139. The van der Waals surface area contributed by atoms with E-state index in [1.165, 1.54) is 18.1 Å². The number of methoxy groups -OCH3 is 1. The molecule has 0 amide bonds.